The Bertz CT molecular complexity index is 301. The van der Waals surface area contributed by atoms with Gasteiger partial charge in [-0.05, 0) is 15.8 Å². The van der Waals surface area contributed by atoms with E-state index >= 15 is 0 Å². The third-order valence-corrected chi connectivity index (χ3v) is 1.83. The van der Waals surface area contributed by atoms with Crippen LogP contribution in [0.4, 0.5) is 0 Å². The van der Waals surface area contributed by atoms with Gasteiger partial charge in [-0.2, -0.15) is 0 Å². The molecule has 0 unspecified atom stereocenters. The van der Waals surface area contributed by atoms with E-state index in [1.165, 1.54) is 0 Å². The lowest BCUT2D eigenvalue weighted by Gasteiger charge is -2.22. The highest BCUT2D eigenvalue weighted by molar-refractivity contribution is 4.98. The Morgan fingerprint density at radius 2 is 1.64 bits per heavy atom. The van der Waals surface area contributed by atoms with Crippen molar-refractivity contribution in [3.8, 4) is 0 Å². The molecule has 14 heavy (non-hydrogen) atoms. The maximum absolute atomic E-state index is 4.07. The lowest BCUT2D eigenvalue weighted by molar-refractivity contribution is 0.305. The molecule has 0 fully saturated rings. The number of aromatic nitrogens is 4. The van der Waals surface area contributed by atoms with Crippen molar-refractivity contribution in [1.29, 1.82) is 0 Å². The predicted molar refractivity (Wildman–Crippen MR) is 56.0 cm³/mol. The first-order valence-electron chi connectivity index (χ1n) is 4.97. The first kappa shape index (κ1) is 11.1. The van der Waals surface area contributed by atoms with Crippen LogP contribution >= 0.6 is 0 Å². The van der Waals surface area contributed by atoms with Crippen molar-refractivity contribution in [2.45, 2.75) is 53.5 Å². The van der Waals surface area contributed by atoms with Crippen LogP contribution in [0.15, 0.2) is 0 Å². The summed E-state index contributed by atoms with van der Waals surface area (Å²) in [5.74, 6) is 0.951. The Morgan fingerprint density at radius 3 is 2.07 bits per heavy atom. The molecule has 0 spiro atoms. The van der Waals surface area contributed by atoms with E-state index in [2.05, 4.69) is 57.1 Å². The van der Waals surface area contributed by atoms with Crippen LogP contribution in [0.2, 0.25) is 0 Å². The molecule has 0 aliphatic rings. The monoisotopic (exact) mass is 196 g/mol. The number of tetrazole rings is 1. The molecule has 0 N–H and O–H groups in total. The second kappa shape index (κ2) is 3.33. The van der Waals surface area contributed by atoms with Gasteiger partial charge in [0.15, 0.2) is 5.82 Å². The van der Waals surface area contributed by atoms with Crippen molar-refractivity contribution in [1.82, 2.24) is 20.2 Å². The molecule has 0 aliphatic carbocycles. The molecular formula is C10H20N4. The zero-order valence-corrected chi connectivity index (χ0v) is 10.00. The van der Waals surface area contributed by atoms with Crippen LogP contribution in [-0.4, -0.2) is 20.2 Å². The van der Waals surface area contributed by atoms with Gasteiger partial charge >= 0.3 is 0 Å². The first-order valence-corrected chi connectivity index (χ1v) is 4.97. The molecule has 80 valence electrons. The fourth-order valence-electron chi connectivity index (χ4n) is 1.30. The van der Waals surface area contributed by atoms with Gasteiger partial charge in [-0.15, -0.1) is 5.10 Å². The lowest BCUT2D eigenvalue weighted by atomic mass is 9.93. The molecule has 0 bridgehead atoms. The average Bonchev–Trinajstić information content (AvgIpc) is 2.29. The van der Waals surface area contributed by atoms with E-state index in [9.17, 15) is 0 Å². The van der Waals surface area contributed by atoms with Crippen molar-refractivity contribution >= 4 is 0 Å². The number of rotatable bonds is 1. The summed E-state index contributed by atoms with van der Waals surface area (Å²) < 4.78 is 1.90. The van der Waals surface area contributed by atoms with Crippen LogP contribution in [0.25, 0.3) is 0 Å². The van der Waals surface area contributed by atoms with Crippen LogP contribution in [0.1, 0.15) is 47.4 Å². The van der Waals surface area contributed by atoms with E-state index in [0.29, 0.717) is 0 Å². The molecular weight excluding hydrogens is 176 g/mol. The van der Waals surface area contributed by atoms with Gasteiger partial charge in [0, 0.05) is 12.0 Å². The average molecular weight is 196 g/mol. The fraction of sp³-hybridized carbons (Fsp3) is 0.900. The number of nitrogens with zero attached hydrogens (tertiary/aromatic N) is 4. The Balaban J connectivity index is 2.95. The van der Waals surface area contributed by atoms with Gasteiger partial charge in [0.2, 0.25) is 0 Å². The van der Waals surface area contributed by atoms with E-state index in [0.717, 1.165) is 12.4 Å². The van der Waals surface area contributed by atoms with Crippen molar-refractivity contribution in [2.75, 3.05) is 0 Å². The van der Waals surface area contributed by atoms with Crippen molar-refractivity contribution in [2.24, 2.45) is 5.41 Å². The minimum absolute atomic E-state index is 0.00868. The molecule has 1 rings (SSSR count). The van der Waals surface area contributed by atoms with Crippen molar-refractivity contribution < 1.29 is 0 Å². The quantitative estimate of drug-likeness (QED) is 0.690. The molecule has 1 aromatic rings. The molecule has 0 saturated heterocycles. The second-order valence-electron chi connectivity index (χ2n) is 5.97. The fourth-order valence-corrected chi connectivity index (χ4v) is 1.30. The predicted octanol–water partition coefficient (Wildman–Crippen LogP) is 2.02. The molecule has 0 aliphatic heterocycles. The number of hydrogen-bond acceptors (Lipinski definition) is 3. The van der Waals surface area contributed by atoms with E-state index < -0.39 is 0 Å². The molecule has 0 radical (unpaired) electrons. The Labute approximate surface area is 85.7 Å². The zero-order valence-electron chi connectivity index (χ0n) is 10.00. The highest BCUT2D eigenvalue weighted by Crippen LogP contribution is 2.22. The zero-order chi connectivity index (χ0) is 11.0. The maximum Gasteiger partial charge on any atom is 0.156 e. The normalized spacial score (nSPS) is 13.3. The topological polar surface area (TPSA) is 43.6 Å². The highest BCUT2D eigenvalue weighted by atomic mass is 15.5. The Hall–Kier alpha value is -0.930. The van der Waals surface area contributed by atoms with Gasteiger partial charge in [-0.1, -0.05) is 41.5 Å². The lowest BCUT2D eigenvalue weighted by Crippen LogP contribution is -2.24. The Kier molecular flexibility index (Phi) is 2.65. The molecule has 1 aromatic heterocycles. The largest absolute Gasteiger partial charge is 0.229 e. The minimum Gasteiger partial charge on any atom is -0.229 e. The summed E-state index contributed by atoms with van der Waals surface area (Å²) in [7, 11) is 0. The summed E-state index contributed by atoms with van der Waals surface area (Å²) in [5.41, 5.74) is 0.212. The smallest absolute Gasteiger partial charge is 0.156 e. The van der Waals surface area contributed by atoms with Gasteiger partial charge in [0.1, 0.15) is 0 Å². The summed E-state index contributed by atoms with van der Waals surface area (Å²) in [4.78, 5) is 0. The van der Waals surface area contributed by atoms with Crippen molar-refractivity contribution in [3.63, 3.8) is 0 Å². The van der Waals surface area contributed by atoms with Crippen molar-refractivity contribution in [3.05, 3.63) is 5.82 Å². The van der Waals surface area contributed by atoms with Crippen LogP contribution in [0.5, 0.6) is 0 Å². The van der Waals surface area contributed by atoms with Crippen LogP contribution in [0.3, 0.4) is 0 Å². The standard InChI is InChI=1S/C10H20N4/c1-9(2,3)7-14-8(10(4,5)6)11-12-13-14/h7H2,1-6H3. The first-order chi connectivity index (χ1) is 6.20. The van der Waals surface area contributed by atoms with Gasteiger partial charge in [0.25, 0.3) is 0 Å². The molecule has 0 saturated carbocycles. The highest BCUT2D eigenvalue weighted by Gasteiger charge is 2.24. The van der Waals surface area contributed by atoms with Gasteiger partial charge < -0.3 is 0 Å². The van der Waals surface area contributed by atoms with E-state index in [1.807, 2.05) is 4.68 Å². The molecule has 4 nitrogen and oxygen atoms in total. The minimum atomic E-state index is 0.00868. The van der Waals surface area contributed by atoms with Gasteiger partial charge in [-0.3, -0.25) is 0 Å². The van der Waals surface area contributed by atoms with Crippen LogP contribution < -0.4 is 0 Å². The third-order valence-electron chi connectivity index (χ3n) is 1.83. The summed E-state index contributed by atoms with van der Waals surface area (Å²) in [5, 5.41) is 11.8. The maximum atomic E-state index is 4.07. The van der Waals surface area contributed by atoms with Gasteiger partial charge in [0.05, 0.1) is 0 Å². The van der Waals surface area contributed by atoms with Crippen LogP contribution in [-0.2, 0) is 12.0 Å². The molecule has 4 heteroatoms. The van der Waals surface area contributed by atoms with E-state index in [4.69, 9.17) is 0 Å². The summed E-state index contributed by atoms with van der Waals surface area (Å²) in [6, 6.07) is 0. The molecule has 1 heterocycles. The number of hydrogen-bond donors (Lipinski definition) is 0. The second-order valence-corrected chi connectivity index (χ2v) is 5.97. The Morgan fingerprint density at radius 1 is 1.07 bits per heavy atom. The van der Waals surface area contributed by atoms with E-state index in [-0.39, 0.29) is 10.8 Å². The third kappa shape index (κ3) is 2.79. The summed E-state index contributed by atoms with van der Waals surface area (Å²) >= 11 is 0. The van der Waals surface area contributed by atoms with E-state index in [1.54, 1.807) is 0 Å². The molecule has 0 amide bonds. The molecule has 0 aromatic carbocycles. The van der Waals surface area contributed by atoms with Gasteiger partial charge in [-0.25, -0.2) is 4.68 Å². The SMILES string of the molecule is CC(C)(C)Cn1nnnc1C(C)(C)C. The van der Waals surface area contributed by atoms with Crippen LogP contribution in [0, 0.1) is 5.41 Å². The summed E-state index contributed by atoms with van der Waals surface area (Å²) in [6.45, 7) is 13.8. The molecule has 0 atom stereocenters. The summed E-state index contributed by atoms with van der Waals surface area (Å²) in [6.07, 6.45) is 0.